The largest absolute Gasteiger partial charge is 0.507 e. The van der Waals surface area contributed by atoms with Crippen LogP contribution in [0.1, 0.15) is 25.7 Å². The van der Waals surface area contributed by atoms with Gasteiger partial charge in [0.15, 0.2) is 50.0 Å². The monoisotopic (exact) mass is 1300 g/mol. The van der Waals surface area contributed by atoms with Crippen molar-refractivity contribution in [2.24, 2.45) is 11.8 Å². The van der Waals surface area contributed by atoms with Crippen LogP contribution >= 0.6 is 68.0 Å². The topological polar surface area (TPSA) is 290 Å². The highest BCUT2D eigenvalue weighted by molar-refractivity contribution is 7.31. The molecule has 0 unspecified atom stereocenters. The van der Waals surface area contributed by atoms with Crippen molar-refractivity contribution in [1.82, 2.24) is 95.0 Å². The van der Waals surface area contributed by atoms with Crippen molar-refractivity contribution < 1.29 is 15.3 Å². The quantitative estimate of drug-likeness (QED) is 0.0703. The number of phenols is 1. The fourth-order valence-corrected chi connectivity index (χ4v) is 18.1. The van der Waals surface area contributed by atoms with E-state index in [1.165, 1.54) is 42.1 Å². The average Bonchev–Trinajstić information content (AvgIpc) is 1.99. The molecule has 4 saturated heterocycles. The van der Waals surface area contributed by atoms with Gasteiger partial charge in [-0.2, -0.15) is 10.2 Å². The summed E-state index contributed by atoms with van der Waals surface area (Å²) in [6.45, 7) is 8.77. The first kappa shape index (κ1) is 57.2. The summed E-state index contributed by atoms with van der Waals surface area (Å²) in [5.41, 5.74) is 6.67. The van der Waals surface area contributed by atoms with Crippen molar-refractivity contribution in [3.63, 3.8) is 0 Å². The Hall–Kier alpha value is -8.27. The molecule has 0 radical (unpaired) electrons. The molecule has 31 heteroatoms. The second kappa shape index (κ2) is 24.3. The molecule has 4 fully saturated rings. The van der Waals surface area contributed by atoms with E-state index in [1.54, 1.807) is 99.5 Å². The average molecular weight is 1300 g/mol. The van der Waals surface area contributed by atoms with E-state index in [0.29, 0.717) is 39.2 Å². The highest BCUT2D eigenvalue weighted by Crippen LogP contribution is 2.44. The maximum atomic E-state index is 10.7. The van der Waals surface area contributed by atoms with Crippen LogP contribution in [0.5, 0.6) is 17.2 Å². The number of fused-ring (bicyclic) bond motifs is 5. The number of pyridine rings is 3. The van der Waals surface area contributed by atoms with E-state index < -0.39 is 0 Å². The number of aromatic nitrogens is 16. The third kappa shape index (κ3) is 11.6. The van der Waals surface area contributed by atoms with Gasteiger partial charge in [0.1, 0.15) is 62.6 Å². The predicted molar refractivity (Wildman–Crippen MR) is 353 cm³/mol. The zero-order chi connectivity index (χ0) is 60.3. The van der Waals surface area contributed by atoms with Crippen molar-refractivity contribution in [3.05, 3.63) is 92.4 Å². The van der Waals surface area contributed by atoms with Crippen LogP contribution < -0.4 is 25.3 Å². The number of nitrogens with zero attached hydrogens (tertiary/aromatic N) is 19. The molecule has 4 aliphatic heterocycles. The molecule has 454 valence electrons. The SMILES string of the molecule is CN(c1nc2sc(-c3ncc(-c4ccc5nncn5c4)cc3O)nc2s1)C1CCNCC1.CN(c1nc2sc(-c3ncc(-n4cncn4)cc3O)nc2s1)C1CCNCC1.CN1C[C@@H]2CN(c3nc4sc(-c5ccc(-c6cn[nH]c6)cc5O)nc4s3)C[C@@H]2C1. The van der Waals surface area contributed by atoms with Gasteiger partial charge in [-0.1, -0.05) is 74.1 Å². The van der Waals surface area contributed by atoms with Crippen LogP contribution in [0.25, 0.3) is 94.5 Å². The molecule has 6 N–H and O–H groups in total. The molecule has 4 aliphatic rings. The Bertz CT molecular complexity index is 4510. The van der Waals surface area contributed by atoms with Gasteiger partial charge in [0, 0.05) is 93.7 Å². The molecule has 13 aromatic rings. The van der Waals surface area contributed by atoms with E-state index in [1.807, 2.05) is 41.1 Å². The van der Waals surface area contributed by atoms with Crippen molar-refractivity contribution in [1.29, 1.82) is 0 Å². The van der Waals surface area contributed by atoms with Crippen LogP contribution in [0.15, 0.2) is 92.4 Å². The maximum absolute atomic E-state index is 10.7. The van der Waals surface area contributed by atoms with Crippen LogP contribution in [0.2, 0.25) is 0 Å². The molecule has 89 heavy (non-hydrogen) atoms. The van der Waals surface area contributed by atoms with Crippen LogP contribution in [-0.2, 0) is 0 Å². The molecule has 12 aromatic heterocycles. The first-order valence-corrected chi connectivity index (χ1v) is 33.9. The smallest absolute Gasteiger partial charge is 0.188 e. The number of aromatic amines is 1. The Balaban J connectivity index is 0.000000112. The summed E-state index contributed by atoms with van der Waals surface area (Å²) in [5, 5.41) is 62.4. The zero-order valence-electron chi connectivity index (χ0n) is 48.2. The molecule has 1 aromatic carbocycles. The van der Waals surface area contributed by atoms with Crippen LogP contribution in [0.3, 0.4) is 0 Å². The highest BCUT2D eigenvalue weighted by atomic mass is 32.1. The third-order valence-corrected chi connectivity index (χ3v) is 23.0. The lowest BCUT2D eigenvalue weighted by atomic mass is 10.0. The summed E-state index contributed by atoms with van der Waals surface area (Å²) in [5.74, 6) is 1.90. The van der Waals surface area contributed by atoms with Crippen molar-refractivity contribution in [2.45, 2.75) is 37.8 Å². The minimum absolute atomic E-state index is 0.0569. The number of nitrogens with one attached hydrogen (secondary N) is 3. The Labute approximate surface area is 532 Å². The number of phenolic OH excluding ortho intramolecular Hbond substituents is 1. The molecule has 0 aliphatic carbocycles. The number of H-pyrrole nitrogens is 1. The molecule has 2 atom stereocenters. The van der Waals surface area contributed by atoms with Crippen molar-refractivity contribution in [2.75, 3.05) is 88.2 Å². The number of piperidine rings is 2. The number of thiazole rings is 6. The Morgan fingerprint density at radius 3 is 1.76 bits per heavy atom. The summed E-state index contributed by atoms with van der Waals surface area (Å²) < 4.78 is 3.38. The number of hydrogen-bond acceptors (Lipinski definition) is 28. The van der Waals surface area contributed by atoms with Crippen molar-refractivity contribution >= 4 is 118 Å². The summed E-state index contributed by atoms with van der Waals surface area (Å²) in [6, 6.07) is 13.8. The maximum Gasteiger partial charge on any atom is 0.188 e. The Morgan fingerprint density at radius 1 is 0.573 bits per heavy atom. The molecular formula is C58H58N22O3S6. The summed E-state index contributed by atoms with van der Waals surface area (Å²) in [7, 11) is 6.43. The first-order chi connectivity index (χ1) is 43.5. The lowest BCUT2D eigenvalue weighted by Gasteiger charge is -2.31. The van der Waals surface area contributed by atoms with E-state index in [0.717, 1.165) is 160 Å². The highest BCUT2D eigenvalue weighted by Gasteiger charge is 2.40. The first-order valence-electron chi connectivity index (χ1n) is 29.0. The third-order valence-electron chi connectivity index (χ3n) is 16.6. The minimum Gasteiger partial charge on any atom is -0.507 e. The molecule has 0 bridgehead atoms. The number of rotatable bonds is 11. The predicted octanol–water partition coefficient (Wildman–Crippen LogP) is 9.22. The Kier molecular flexibility index (Phi) is 15.6. The summed E-state index contributed by atoms with van der Waals surface area (Å²) in [6.07, 6.45) is 18.0. The second-order valence-electron chi connectivity index (χ2n) is 22.4. The van der Waals surface area contributed by atoms with E-state index in [4.69, 9.17) is 24.9 Å². The zero-order valence-corrected chi connectivity index (χ0v) is 53.1. The fourth-order valence-electron chi connectivity index (χ4n) is 11.9. The number of benzene rings is 1. The number of anilines is 3. The number of aromatic hydroxyl groups is 3. The lowest BCUT2D eigenvalue weighted by molar-refractivity contribution is 0.387. The standard InChI is InChI=1S/C21H20N8OS2.C20H20N6OS2.C17H18N8OS2/c1-28(14-4-6-22-7-5-14)21-26-20-19(32-21)25-18(31-20)17-15(30)8-13(9-23-17)12-2-3-16-27-24-11-29(16)10-12;1-25-7-13-9-26(10-14(13)8-25)20-24-19-18(29-20)23-17(28-19)15-3-2-11(4-16(15)27)12-5-21-22-6-12;1-24(10-2-4-18-5-3-10)17-23-16-15(28-17)22-14(27-16)13-12(26)6-11(7-20-13)25-9-19-8-21-25/h2-3,8-11,14,22,30H,4-7H2,1H3;2-6,13-14,27H,7-10H2,1H3,(H,21,22);6-10,18,26H,2-5H2,1H3/t;13-,14+;. The van der Waals surface area contributed by atoms with Crippen molar-refractivity contribution in [3.8, 4) is 77.2 Å². The van der Waals surface area contributed by atoms with E-state index in [9.17, 15) is 15.3 Å². The molecule has 17 rings (SSSR count). The van der Waals surface area contributed by atoms with Gasteiger partial charge in [-0.25, -0.2) is 49.5 Å². The lowest BCUT2D eigenvalue weighted by Crippen LogP contribution is -2.41. The van der Waals surface area contributed by atoms with E-state index in [-0.39, 0.29) is 17.2 Å². The van der Waals surface area contributed by atoms with Gasteiger partial charge in [0.05, 0.1) is 23.6 Å². The van der Waals surface area contributed by atoms with Gasteiger partial charge in [-0.3, -0.25) is 9.50 Å². The number of hydrogen-bond donors (Lipinski definition) is 6. The molecular weight excluding hydrogens is 1250 g/mol. The summed E-state index contributed by atoms with van der Waals surface area (Å²) in [4.78, 5) is 56.2. The number of likely N-dealkylation sites (tertiary alicyclic amines) is 1. The molecule has 0 spiro atoms. The van der Waals surface area contributed by atoms with Gasteiger partial charge < -0.3 is 45.6 Å². The van der Waals surface area contributed by atoms with Gasteiger partial charge in [0.2, 0.25) is 0 Å². The van der Waals surface area contributed by atoms with Gasteiger partial charge in [0.25, 0.3) is 0 Å². The van der Waals surface area contributed by atoms with Gasteiger partial charge in [-0.15, -0.1) is 10.2 Å². The van der Waals surface area contributed by atoms with E-state index in [2.05, 4.69) is 96.8 Å². The van der Waals surface area contributed by atoms with Crippen LogP contribution in [0, 0.1) is 11.8 Å². The second-order valence-corrected chi connectivity index (χ2v) is 28.2. The van der Waals surface area contributed by atoms with Crippen LogP contribution in [-0.4, -0.2) is 185 Å². The van der Waals surface area contributed by atoms with E-state index >= 15 is 0 Å². The normalized spacial score (nSPS) is 17.4. The van der Waals surface area contributed by atoms with Gasteiger partial charge >= 0.3 is 0 Å². The molecule has 25 nitrogen and oxygen atoms in total. The van der Waals surface area contributed by atoms with Crippen LogP contribution in [0.4, 0.5) is 15.4 Å². The minimum atomic E-state index is 0.0569. The molecule has 16 heterocycles. The fraction of sp³-hybridized carbons (Fsp3) is 0.328. The molecule has 0 amide bonds. The Morgan fingerprint density at radius 2 is 1.17 bits per heavy atom. The summed E-state index contributed by atoms with van der Waals surface area (Å²) >= 11 is 9.29. The molecule has 0 saturated carbocycles. The van der Waals surface area contributed by atoms with Gasteiger partial charge in [-0.05, 0) is 107 Å².